The molecule has 0 aliphatic rings. The van der Waals surface area contributed by atoms with Gasteiger partial charge in [0, 0.05) is 0 Å². The van der Waals surface area contributed by atoms with Crippen LogP contribution in [0.15, 0.2) is 18.2 Å². The van der Waals surface area contributed by atoms with Crippen LogP contribution in [0.25, 0.3) is 0 Å². The van der Waals surface area contributed by atoms with E-state index in [2.05, 4.69) is 4.65 Å². The van der Waals surface area contributed by atoms with Crippen LogP contribution in [0.1, 0.15) is 11.1 Å². The van der Waals surface area contributed by atoms with Crippen LogP contribution in [0.4, 0.5) is 26.3 Å². The van der Waals surface area contributed by atoms with Gasteiger partial charge in [-0.2, -0.15) is 26.3 Å². The third-order valence-electron chi connectivity index (χ3n) is 1.80. The summed E-state index contributed by atoms with van der Waals surface area (Å²) in [4.78, 5) is 0. The maximum atomic E-state index is 12.3. The normalized spacial score (nSPS) is 11.8. The van der Waals surface area contributed by atoms with E-state index in [4.69, 9.17) is 10.0 Å². The molecule has 11 heteroatoms. The van der Waals surface area contributed by atoms with Gasteiger partial charge in [-0.15, -0.1) is 0 Å². The first-order chi connectivity index (χ1) is 8.00. The Bertz CT molecular complexity index is 401. The number of hydrogen-bond acceptors (Lipinski definition) is 3. The quantitative estimate of drug-likeness (QED) is 0.641. The molecule has 0 aliphatic heterocycles. The fourth-order valence-electron chi connectivity index (χ4n) is 1.12. The van der Waals surface area contributed by atoms with Crippen molar-refractivity contribution in [1.29, 1.82) is 0 Å². The van der Waals surface area contributed by atoms with E-state index < -0.39 is 36.6 Å². The molecule has 0 atom stereocenters. The summed E-state index contributed by atoms with van der Waals surface area (Å²) >= 11 is 0. The predicted molar refractivity (Wildman–Crippen MR) is 54.4 cm³/mol. The summed E-state index contributed by atoms with van der Waals surface area (Å²) in [6.07, 6.45) is -10.0. The Morgan fingerprint density at radius 2 is 1.21 bits per heavy atom. The molecule has 1 rings (SSSR count). The van der Waals surface area contributed by atoms with Gasteiger partial charge in [0.2, 0.25) is 0 Å². The summed E-state index contributed by atoms with van der Waals surface area (Å²) in [6.45, 7) is 0. The van der Waals surface area contributed by atoms with Crippen LogP contribution in [-0.2, 0) is 12.4 Å². The Kier molecular flexibility index (Phi) is 6.86. The summed E-state index contributed by atoms with van der Waals surface area (Å²) in [5, 5.41) is 16.7. The molecule has 3 nitrogen and oxygen atoms in total. The van der Waals surface area contributed by atoms with Crippen molar-refractivity contribution in [2.75, 3.05) is 0 Å². The molecule has 102 valence electrons. The monoisotopic (exact) mass is 314 g/mol. The molecule has 0 spiro atoms. The Labute approximate surface area is 146 Å². The van der Waals surface area contributed by atoms with E-state index in [1.807, 2.05) is 0 Å². The SMILES string of the molecule is OB(O)Oc1cc(C(F)(F)F)cc(C(F)(F)F)c1.[KH]. The van der Waals surface area contributed by atoms with Gasteiger partial charge in [-0.05, 0) is 18.2 Å². The van der Waals surface area contributed by atoms with Gasteiger partial charge in [-0.25, -0.2) is 0 Å². The van der Waals surface area contributed by atoms with Crippen LogP contribution in [0, 0.1) is 0 Å². The number of halogens is 6. The first-order valence-electron chi connectivity index (χ1n) is 4.32. The van der Waals surface area contributed by atoms with Gasteiger partial charge in [-0.3, -0.25) is 0 Å². The van der Waals surface area contributed by atoms with E-state index in [-0.39, 0.29) is 69.6 Å². The van der Waals surface area contributed by atoms with Crippen LogP contribution in [-0.4, -0.2) is 68.8 Å². The van der Waals surface area contributed by atoms with Crippen LogP contribution in [0.5, 0.6) is 5.75 Å². The van der Waals surface area contributed by atoms with Crippen molar-refractivity contribution in [2.24, 2.45) is 0 Å². The van der Waals surface area contributed by atoms with E-state index in [0.717, 1.165) is 0 Å². The third-order valence-corrected chi connectivity index (χ3v) is 1.80. The Morgan fingerprint density at radius 3 is 1.47 bits per heavy atom. The summed E-state index contributed by atoms with van der Waals surface area (Å²) in [5.41, 5.74) is -3.21. The minimum absolute atomic E-state index is 0. The van der Waals surface area contributed by atoms with Crippen molar-refractivity contribution in [2.45, 2.75) is 12.4 Å². The molecule has 0 fully saturated rings. The van der Waals surface area contributed by atoms with Crippen LogP contribution < -0.4 is 4.65 Å². The van der Waals surface area contributed by atoms with Crippen LogP contribution in [0.3, 0.4) is 0 Å². The second-order valence-electron chi connectivity index (χ2n) is 3.19. The molecular weight excluding hydrogens is 308 g/mol. The zero-order valence-corrected chi connectivity index (χ0v) is 8.38. The Balaban J connectivity index is 0.00000324. The van der Waals surface area contributed by atoms with E-state index in [1.54, 1.807) is 0 Å². The van der Waals surface area contributed by atoms with Gasteiger partial charge in [0.1, 0.15) is 5.75 Å². The zero-order valence-electron chi connectivity index (χ0n) is 8.38. The van der Waals surface area contributed by atoms with Crippen molar-refractivity contribution >= 4 is 58.7 Å². The molecule has 1 aromatic carbocycles. The molecule has 0 bridgehead atoms. The molecular formula is C8H6BF6KO3. The Hall–Kier alpha value is 0.221. The van der Waals surface area contributed by atoms with Crippen molar-refractivity contribution in [3.05, 3.63) is 29.3 Å². The van der Waals surface area contributed by atoms with Gasteiger partial charge < -0.3 is 14.7 Å². The third kappa shape index (κ3) is 6.02. The van der Waals surface area contributed by atoms with E-state index in [1.165, 1.54) is 0 Å². The average molecular weight is 314 g/mol. The minimum atomic E-state index is -5.01. The molecule has 1 aromatic rings. The van der Waals surface area contributed by atoms with E-state index in [0.29, 0.717) is 0 Å². The molecule has 0 aliphatic carbocycles. The van der Waals surface area contributed by atoms with Gasteiger partial charge in [0.05, 0.1) is 11.1 Å². The molecule has 0 heterocycles. The molecule has 0 aromatic heterocycles. The van der Waals surface area contributed by atoms with Crippen LogP contribution >= 0.6 is 0 Å². The van der Waals surface area contributed by atoms with Crippen molar-refractivity contribution < 1.29 is 41.0 Å². The predicted octanol–water partition coefficient (Wildman–Crippen LogP) is 1.42. The van der Waals surface area contributed by atoms with Crippen molar-refractivity contribution in [3.8, 4) is 5.75 Å². The summed E-state index contributed by atoms with van der Waals surface area (Å²) in [7, 11) is -2.52. The molecule has 0 amide bonds. The van der Waals surface area contributed by atoms with Crippen molar-refractivity contribution in [1.82, 2.24) is 0 Å². The average Bonchev–Trinajstić information content (AvgIpc) is 2.13. The Morgan fingerprint density at radius 1 is 0.842 bits per heavy atom. The summed E-state index contributed by atoms with van der Waals surface area (Å²) in [5.74, 6) is -0.952. The zero-order chi connectivity index (χ0) is 14.1. The number of alkyl halides is 6. The second-order valence-corrected chi connectivity index (χ2v) is 3.19. The fourth-order valence-corrected chi connectivity index (χ4v) is 1.12. The first kappa shape index (κ1) is 19.2. The molecule has 0 radical (unpaired) electrons. The van der Waals surface area contributed by atoms with Gasteiger partial charge >= 0.3 is 71.1 Å². The molecule has 0 saturated carbocycles. The first-order valence-corrected chi connectivity index (χ1v) is 4.32. The molecule has 0 unspecified atom stereocenters. The number of hydrogen-bond donors (Lipinski definition) is 2. The summed E-state index contributed by atoms with van der Waals surface area (Å²) < 4.78 is 78.0. The second kappa shape index (κ2) is 6.79. The standard InChI is InChI=1S/C8H5BF6O3.K.H/c10-7(11,12)4-1-5(8(13,14)15)3-6(2-4)18-9(16)17;;/h1-3,16-17H;;. The molecule has 2 N–H and O–H groups in total. The fraction of sp³-hybridized carbons (Fsp3) is 0.250. The van der Waals surface area contributed by atoms with Gasteiger partial charge in [-0.1, -0.05) is 0 Å². The molecule has 0 saturated heterocycles. The number of rotatable bonds is 2. The van der Waals surface area contributed by atoms with Crippen molar-refractivity contribution in [3.63, 3.8) is 0 Å². The number of benzene rings is 1. The van der Waals surface area contributed by atoms with Crippen LogP contribution in [0.2, 0.25) is 0 Å². The summed E-state index contributed by atoms with van der Waals surface area (Å²) in [6, 6.07) is 0.361. The topological polar surface area (TPSA) is 49.7 Å². The van der Waals surface area contributed by atoms with Gasteiger partial charge in [0.25, 0.3) is 0 Å². The van der Waals surface area contributed by atoms with E-state index in [9.17, 15) is 26.3 Å². The molecule has 19 heavy (non-hydrogen) atoms. The maximum absolute atomic E-state index is 12.3. The van der Waals surface area contributed by atoms with E-state index >= 15 is 0 Å². The van der Waals surface area contributed by atoms with Gasteiger partial charge in [0.15, 0.2) is 0 Å².